The molecule has 0 radical (unpaired) electrons. The molecular formula is C31H40N4O7S. The van der Waals surface area contributed by atoms with E-state index < -0.39 is 0 Å². The molecule has 1 aromatic heterocycles. The quantitative estimate of drug-likeness (QED) is 0.140. The van der Waals surface area contributed by atoms with E-state index in [0.717, 1.165) is 18.4 Å². The fourth-order valence-corrected chi connectivity index (χ4v) is 5.49. The SMILES string of the molecule is CC[C@@H](C)NC(=O)CSc1nc2cc3c(cc2c(=O)n1CCCCCC(=O)NCCc1ccc(OC)c(OC)c1)OCO3. The molecule has 11 nitrogen and oxygen atoms in total. The molecule has 232 valence electrons. The summed E-state index contributed by atoms with van der Waals surface area (Å²) in [5.74, 6) is 2.42. The van der Waals surface area contributed by atoms with E-state index >= 15 is 0 Å². The van der Waals surface area contributed by atoms with Crippen LogP contribution in [0.15, 0.2) is 40.3 Å². The number of methoxy groups -OCH3 is 2. The van der Waals surface area contributed by atoms with Crippen molar-refractivity contribution >= 4 is 34.5 Å². The van der Waals surface area contributed by atoms with E-state index in [0.29, 0.717) is 77.8 Å². The van der Waals surface area contributed by atoms with Gasteiger partial charge < -0.3 is 29.6 Å². The van der Waals surface area contributed by atoms with Crippen LogP contribution in [0.3, 0.4) is 0 Å². The lowest BCUT2D eigenvalue weighted by Crippen LogP contribution is -2.33. The summed E-state index contributed by atoms with van der Waals surface area (Å²) in [6.07, 6.45) is 4.04. The lowest BCUT2D eigenvalue weighted by Gasteiger charge is -2.15. The number of amides is 2. The van der Waals surface area contributed by atoms with Crippen molar-refractivity contribution in [3.05, 3.63) is 46.2 Å². The summed E-state index contributed by atoms with van der Waals surface area (Å²) in [4.78, 5) is 43.1. The van der Waals surface area contributed by atoms with Crippen molar-refractivity contribution in [2.75, 3.05) is 33.3 Å². The Morgan fingerprint density at radius 2 is 1.81 bits per heavy atom. The van der Waals surface area contributed by atoms with Gasteiger partial charge in [-0.1, -0.05) is 31.2 Å². The topological polar surface area (TPSA) is 130 Å². The molecule has 2 amide bonds. The molecule has 1 aliphatic heterocycles. The monoisotopic (exact) mass is 612 g/mol. The van der Waals surface area contributed by atoms with Crippen molar-refractivity contribution in [3.8, 4) is 23.0 Å². The molecule has 0 fully saturated rings. The summed E-state index contributed by atoms with van der Waals surface area (Å²) in [7, 11) is 3.19. The minimum Gasteiger partial charge on any atom is -0.493 e. The van der Waals surface area contributed by atoms with Crippen molar-refractivity contribution in [2.45, 2.75) is 70.1 Å². The zero-order valence-electron chi connectivity index (χ0n) is 25.2. The van der Waals surface area contributed by atoms with E-state index in [9.17, 15) is 14.4 Å². The number of nitrogens with one attached hydrogen (secondary N) is 2. The molecule has 43 heavy (non-hydrogen) atoms. The van der Waals surface area contributed by atoms with E-state index in [1.165, 1.54) is 11.8 Å². The Morgan fingerprint density at radius 1 is 1.05 bits per heavy atom. The van der Waals surface area contributed by atoms with Crippen LogP contribution in [-0.4, -0.2) is 60.7 Å². The van der Waals surface area contributed by atoms with Crippen molar-refractivity contribution in [1.82, 2.24) is 20.2 Å². The minimum atomic E-state index is -0.193. The number of thioether (sulfide) groups is 1. The second-order valence-electron chi connectivity index (χ2n) is 10.3. The van der Waals surface area contributed by atoms with Gasteiger partial charge in [0.25, 0.3) is 5.56 Å². The lowest BCUT2D eigenvalue weighted by molar-refractivity contribution is -0.121. The first-order chi connectivity index (χ1) is 20.8. The van der Waals surface area contributed by atoms with E-state index in [-0.39, 0.29) is 36.0 Å². The molecule has 2 N–H and O–H groups in total. The molecule has 12 heteroatoms. The fraction of sp³-hybridized carbons (Fsp3) is 0.484. The van der Waals surface area contributed by atoms with E-state index in [1.54, 1.807) is 30.9 Å². The van der Waals surface area contributed by atoms with Gasteiger partial charge in [-0.15, -0.1) is 0 Å². The summed E-state index contributed by atoms with van der Waals surface area (Å²) >= 11 is 1.24. The molecule has 0 spiro atoms. The van der Waals surface area contributed by atoms with Gasteiger partial charge in [0.1, 0.15) is 0 Å². The Hall–Kier alpha value is -3.93. The zero-order chi connectivity index (χ0) is 30.8. The summed E-state index contributed by atoms with van der Waals surface area (Å²) in [5.41, 5.74) is 1.35. The van der Waals surface area contributed by atoms with Gasteiger partial charge in [0.15, 0.2) is 28.2 Å². The number of nitrogens with zero attached hydrogens (tertiary/aromatic N) is 2. The highest BCUT2D eigenvalue weighted by Crippen LogP contribution is 2.35. The van der Waals surface area contributed by atoms with Gasteiger partial charge in [0.05, 0.1) is 30.9 Å². The molecular weight excluding hydrogens is 572 g/mol. The van der Waals surface area contributed by atoms with Crippen molar-refractivity contribution < 1.29 is 28.5 Å². The van der Waals surface area contributed by atoms with Gasteiger partial charge in [-0.25, -0.2) is 4.98 Å². The highest BCUT2D eigenvalue weighted by atomic mass is 32.2. The molecule has 4 rings (SSSR count). The predicted molar refractivity (Wildman–Crippen MR) is 165 cm³/mol. The molecule has 0 aliphatic carbocycles. The first-order valence-electron chi connectivity index (χ1n) is 14.6. The summed E-state index contributed by atoms with van der Waals surface area (Å²) in [6.45, 7) is 5.01. The second kappa shape index (κ2) is 15.5. The molecule has 0 bridgehead atoms. The summed E-state index contributed by atoms with van der Waals surface area (Å²) in [6, 6.07) is 9.16. The van der Waals surface area contributed by atoms with Gasteiger partial charge in [-0.05, 0) is 56.4 Å². The number of carbonyl (C=O) groups is 2. The molecule has 1 aliphatic rings. The van der Waals surface area contributed by atoms with Crippen LogP contribution in [-0.2, 0) is 22.6 Å². The minimum absolute atomic E-state index is 0.00958. The van der Waals surface area contributed by atoms with Gasteiger partial charge in [-0.3, -0.25) is 19.0 Å². The molecule has 2 heterocycles. The number of aromatic nitrogens is 2. The number of benzene rings is 2. The largest absolute Gasteiger partial charge is 0.493 e. The first kappa shape index (κ1) is 32.0. The van der Waals surface area contributed by atoms with Gasteiger partial charge in [0.2, 0.25) is 18.6 Å². The normalized spacial score (nSPS) is 12.7. The number of carbonyl (C=O) groups excluding carboxylic acids is 2. The van der Waals surface area contributed by atoms with Crippen molar-refractivity contribution in [3.63, 3.8) is 0 Å². The number of fused-ring (bicyclic) bond motifs is 2. The van der Waals surface area contributed by atoms with Crippen molar-refractivity contribution in [2.24, 2.45) is 0 Å². The van der Waals surface area contributed by atoms with Crippen molar-refractivity contribution in [1.29, 1.82) is 0 Å². The number of hydrogen-bond donors (Lipinski definition) is 2. The van der Waals surface area contributed by atoms with Gasteiger partial charge >= 0.3 is 0 Å². The Balaban J connectivity index is 1.31. The average molecular weight is 613 g/mol. The van der Waals surface area contributed by atoms with Crippen LogP contribution in [0, 0.1) is 0 Å². The van der Waals surface area contributed by atoms with Crippen LogP contribution >= 0.6 is 11.8 Å². The highest BCUT2D eigenvalue weighted by molar-refractivity contribution is 7.99. The van der Waals surface area contributed by atoms with E-state index in [1.807, 2.05) is 32.0 Å². The summed E-state index contributed by atoms with van der Waals surface area (Å²) < 4.78 is 23.2. The maximum Gasteiger partial charge on any atom is 0.262 e. The standard InChI is InChI=1S/C31H40N4O7S/c1-5-20(2)33-29(37)18-43-31-34-23-17-27-26(41-19-42-27)16-22(23)30(38)35(31)14-8-6-7-9-28(36)32-13-12-21-10-11-24(39-3)25(15-21)40-4/h10-11,15-17,20H,5-9,12-14,18-19H2,1-4H3,(H,32,36)(H,33,37)/t20-/m1/s1. The lowest BCUT2D eigenvalue weighted by atomic mass is 10.1. The van der Waals surface area contributed by atoms with Crippen LogP contribution in [0.2, 0.25) is 0 Å². The molecule has 0 saturated carbocycles. The molecule has 0 saturated heterocycles. The Morgan fingerprint density at radius 3 is 2.56 bits per heavy atom. The van der Waals surface area contributed by atoms with Crippen LogP contribution in [0.5, 0.6) is 23.0 Å². The number of hydrogen-bond acceptors (Lipinski definition) is 9. The molecule has 1 atom stereocenters. The zero-order valence-corrected chi connectivity index (χ0v) is 26.0. The average Bonchev–Trinajstić information content (AvgIpc) is 3.47. The molecule has 0 unspecified atom stereocenters. The third-order valence-electron chi connectivity index (χ3n) is 7.23. The third-order valence-corrected chi connectivity index (χ3v) is 8.21. The molecule has 2 aromatic carbocycles. The second-order valence-corrected chi connectivity index (χ2v) is 11.3. The maximum absolute atomic E-state index is 13.5. The smallest absolute Gasteiger partial charge is 0.262 e. The highest BCUT2D eigenvalue weighted by Gasteiger charge is 2.20. The number of unbranched alkanes of at least 4 members (excludes halogenated alkanes) is 2. The van der Waals surface area contributed by atoms with Crippen LogP contribution in [0.4, 0.5) is 0 Å². The number of rotatable bonds is 16. The Labute approximate surface area is 255 Å². The van der Waals surface area contributed by atoms with E-state index in [4.69, 9.17) is 23.9 Å². The third kappa shape index (κ3) is 8.56. The predicted octanol–water partition coefficient (Wildman–Crippen LogP) is 4.07. The number of ether oxygens (including phenoxy) is 4. The first-order valence-corrected chi connectivity index (χ1v) is 15.6. The maximum atomic E-state index is 13.5. The summed E-state index contributed by atoms with van der Waals surface area (Å²) in [5, 5.41) is 6.83. The molecule has 3 aromatic rings. The van der Waals surface area contributed by atoms with Crippen LogP contribution in [0.1, 0.15) is 51.5 Å². The fourth-order valence-electron chi connectivity index (χ4n) is 4.65. The van der Waals surface area contributed by atoms with Gasteiger partial charge in [0, 0.05) is 31.6 Å². The van der Waals surface area contributed by atoms with E-state index in [2.05, 4.69) is 10.6 Å². The Bertz CT molecular complexity index is 1490. The van der Waals surface area contributed by atoms with Gasteiger partial charge in [-0.2, -0.15) is 0 Å². The van der Waals surface area contributed by atoms with Crippen LogP contribution in [0.25, 0.3) is 10.9 Å². The van der Waals surface area contributed by atoms with Crippen LogP contribution < -0.4 is 35.1 Å². The Kier molecular flexibility index (Phi) is 11.5.